The van der Waals surface area contributed by atoms with Gasteiger partial charge in [-0.1, -0.05) is 33.3 Å². The predicted molar refractivity (Wildman–Crippen MR) is 71.2 cm³/mol. The summed E-state index contributed by atoms with van der Waals surface area (Å²) in [6.07, 6.45) is 4.88. The number of carboxylic acids is 1. The van der Waals surface area contributed by atoms with Crippen molar-refractivity contribution in [3.63, 3.8) is 0 Å². The SMILES string of the molecule is C=CC(=O)NCCO.CCCCC(CC)C(=O)O. The molecule has 106 valence electrons. The highest BCUT2D eigenvalue weighted by atomic mass is 16.4. The fraction of sp³-hybridized carbons (Fsp3) is 0.692. The van der Waals surface area contributed by atoms with Crippen molar-refractivity contribution < 1.29 is 19.8 Å². The Kier molecular flexibility index (Phi) is 14.5. The number of hydrogen-bond acceptors (Lipinski definition) is 3. The summed E-state index contributed by atoms with van der Waals surface area (Å²) in [4.78, 5) is 20.7. The molecule has 0 spiro atoms. The quantitative estimate of drug-likeness (QED) is 0.577. The molecule has 1 atom stereocenters. The van der Waals surface area contributed by atoms with Crippen LogP contribution in [-0.4, -0.2) is 35.2 Å². The van der Waals surface area contributed by atoms with Gasteiger partial charge >= 0.3 is 5.97 Å². The lowest BCUT2D eigenvalue weighted by atomic mass is 10.00. The van der Waals surface area contributed by atoms with Gasteiger partial charge in [-0.05, 0) is 18.9 Å². The molecule has 5 heteroatoms. The largest absolute Gasteiger partial charge is 0.481 e. The normalized spacial score (nSPS) is 10.8. The smallest absolute Gasteiger partial charge is 0.306 e. The van der Waals surface area contributed by atoms with Gasteiger partial charge in [0.15, 0.2) is 0 Å². The molecular weight excluding hydrogens is 234 g/mol. The van der Waals surface area contributed by atoms with Crippen LogP contribution in [0.4, 0.5) is 0 Å². The van der Waals surface area contributed by atoms with Gasteiger partial charge in [0, 0.05) is 6.54 Å². The number of aliphatic hydroxyl groups is 1. The van der Waals surface area contributed by atoms with Crippen LogP contribution in [0.1, 0.15) is 39.5 Å². The van der Waals surface area contributed by atoms with E-state index in [9.17, 15) is 9.59 Å². The molecule has 0 aromatic carbocycles. The van der Waals surface area contributed by atoms with Gasteiger partial charge in [0.1, 0.15) is 0 Å². The first-order chi connectivity index (χ1) is 8.53. The van der Waals surface area contributed by atoms with Crippen molar-refractivity contribution in [2.75, 3.05) is 13.2 Å². The highest BCUT2D eigenvalue weighted by Crippen LogP contribution is 2.11. The third-order valence-electron chi connectivity index (χ3n) is 2.34. The van der Waals surface area contributed by atoms with Crippen LogP contribution >= 0.6 is 0 Å². The van der Waals surface area contributed by atoms with Gasteiger partial charge in [-0.3, -0.25) is 9.59 Å². The van der Waals surface area contributed by atoms with Gasteiger partial charge in [-0.15, -0.1) is 0 Å². The molecule has 0 aromatic rings. The van der Waals surface area contributed by atoms with E-state index in [1.165, 1.54) is 0 Å². The molecule has 0 saturated carbocycles. The molecule has 0 heterocycles. The predicted octanol–water partition coefficient (Wildman–Crippen LogP) is 1.57. The minimum Gasteiger partial charge on any atom is -0.481 e. The molecule has 0 radical (unpaired) electrons. The van der Waals surface area contributed by atoms with Crippen molar-refractivity contribution in [3.8, 4) is 0 Å². The molecule has 18 heavy (non-hydrogen) atoms. The number of carbonyl (C=O) groups excluding carboxylic acids is 1. The van der Waals surface area contributed by atoms with Gasteiger partial charge in [0.2, 0.25) is 5.91 Å². The number of unbranched alkanes of at least 4 members (excludes halogenated alkanes) is 1. The fourth-order valence-electron chi connectivity index (χ4n) is 1.20. The number of aliphatic hydroxyl groups excluding tert-OH is 1. The van der Waals surface area contributed by atoms with Crippen molar-refractivity contribution in [2.24, 2.45) is 5.92 Å². The van der Waals surface area contributed by atoms with E-state index in [2.05, 4.69) is 18.8 Å². The van der Waals surface area contributed by atoms with E-state index >= 15 is 0 Å². The first kappa shape index (κ1) is 19.0. The van der Waals surface area contributed by atoms with Crippen molar-refractivity contribution in [1.29, 1.82) is 0 Å². The van der Waals surface area contributed by atoms with E-state index < -0.39 is 5.97 Å². The Morgan fingerprint density at radius 1 is 1.39 bits per heavy atom. The number of carboxylic acid groups (broad SMARTS) is 1. The van der Waals surface area contributed by atoms with Crippen LogP contribution in [0.15, 0.2) is 12.7 Å². The molecule has 0 rings (SSSR count). The van der Waals surface area contributed by atoms with E-state index in [1.54, 1.807) is 0 Å². The Morgan fingerprint density at radius 3 is 2.33 bits per heavy atom. The lowest BCUT2D eigenvalue weighted by Gasteiger charge is -2.06. The van der Waals surface area contributed by atoms with Crippen molar-refractivity contribution in [2.45, 2.75) is 39.5 Å². The van der Waals surface area contributed by atoms with Crippen LogP contribution in [-0.2, 0) is 9.59 Å². The molecule has 0 bridgehead atoms. The Labute approximate surface area is 109 Å². The zero-order valence-electron chi connectivity index (χ0n) is 11.3. The van der Waals surface area contributed by atoms with Crippen LogP contribution in [0.25, 0.3) is 0 Å². The number of rotatable bonds is 8. The molecule has 3 N–H and O–H groups in total. The number of hydrogen-bond donors (Lipinski definition) is 3. The fourth-order valence-corrected chi connectivity index (χ4v) is 1.20. The number of aliphatic carboxylic acids is 1. The summed E-state index contributed by atoms with van der Waals surface area (Å²) in [5.41, 5.74) is 0. The van der Waals surface area contributed by atoms with Crippen molar-refractivity contribution >= 4 is 11.9 Å². The molecule has 1 amide bonds. The maximum absolute atomic E-state index is 10.4. The third kappa shape index (κ3) is 12.7. The number of nitrogens with one attached hydrogen (secondary N) is 1. The molecule has 0 aliphatic rings. The zero-order valence-corrected chi connectivity index (χ0v) is 11.3. The van der Waals surface area contributed by atoms with Crippen LogP contribution in [0.2, 0.25) is 0 Å². The summed E-state index contributed by atoms with van der Waals surface area (Å²) in [6.45, 7) is 7.49. The molecule has 0 fully saturated rings. The molecule has 0 aliphatic heterocycles. The first-order valence-corrected chi connectivity index (χ1v) is 6.27. The average molecular weight is 259 g/mol. The standard InChI is InChI=1S/C8H16O2.C5H9NO2/c1-3-5-6-7(4-2)8(9)10;1-2-5(8)6-3-4-7/h7H,3-6H2,1-2H3,(H,9,10);2,7H,1,3-4H2,(H,6,8). The second kappa shape index (κ2) is 13.7. The molecule has 5 nitrogen and oxygen atoms in total. The lowest BCUT2D eigenvalue weighted by Crippen LogP contribution is -2.23. The summed E-state index contributed by atoms with van der Waals surface area (Å²) in [5.74, 6) is -1.00. The zero-order chi connectivity index (χ0) is 14.4. The van der Waals surface area contributed by atoms with E-state index in [-0.39, 0.29) is 18.4 Å². The van der Waals surface area contributed by atoms with E-state index in [1.807, 2.05) is 6.92 Å². The number of amides is 1. The van der Waals surface area contributed by atoms with Crippen LogP contribution < -0.4 is 5.32 Å². The summed E-state index contributed by atoms with van der Waals surface area (Å²) < 4.78 is 0. The maximum atomic E-state index is 10.4. The number of carbonyl (C=O) groups is 2. The monoisotopic (exact) mass is 259 g/mol. The summed E-state index contributed by atoms with van der Waals surface area (Å²) in [7, 11) is 0. The lowest BCUT2D eigenvalue weighted by molar-refractivity contribution is -0.142. The van der Waals surface area contributed by atoms with Gasteiger partial charge in [0.25, 0.3) is 0 Å². The summed E-state index contributed by atoms with van der Waals surface area (Å²) in [5, 5.41) is 19.1. The summed E-state index contributed by atoms with van der Waals surface area (Å²) in [6, 6.07) is 0. The molecular formula is C13H25NO4. The van der Waals surface area contributed by atoms with E-state index in [4.69, 9.17) is 10.2 Å². The highest BCUT2D eigenvalue weighted by Gasteiger charge is 2.12. The molecule has 0 saturated heterocycles. The van der Waals surface area contributed by atoms with Crippen molar-refractivity contribution in [3.05, 3.63) is 12.7 Å². The topological polar surface area (TPSA) is 86.6 Å². The van der Waals surface area contributed by atoms with E-state index in [0.29, 0.717) is 6.54 Å². The molecule has 0 aromatic heterocycles. The highest BCUT2D eigenvalue weighted by molar-refractivity contribution is 5.86. The van der Waals surface area contributed by atoms with Gasteiger partial charge in [-0.2, -0.15) is 0 Å². The molecule has 1 unspecified atom stereocenters. The van der Waals surface area contributed by atoms with Crippen LogP contribution in [0, 0.1) is 5.92 Å². The Balaban J connectivity index is 0. The first-order valence-electron chi connectivity index (χ1n) is 6.27. The minimum absolute atomic E-state index is 0.0282. The Bertz CT molecular complexity index is 241. The summed E-state index contributed by atoms with van der Waals surface area (Å²) >= 11 is 0. The minimum atomic E-state index is -0.643. The Hall–Kier alpha value is -1.36. The second-order valence-electron chi connectivity index (χ2n) is 3.80. The second-order valence-corrected chi connectivity index (χ2v) is 3.80. The van der Waals surface area contributed by atoms with Crippen LogP contribution in [0.5, 0.6) is 0 Å². The Morgan fingerprint density at radius 2 is 2.00 bits per heavy atom. The van der Waals surface area contributed by atoms with E-state index in [0.717, 1.165) is 31.8 Å². The van der Waals surface area contributed by atoms with Gasteiger partial charge in [0.05, 0.1) is 12.5 Å². The molecule has 0 aliphatic carbocycles. The van der Waals surface area contributed by atoms with Gasteiger partial charge in [-0.25, -0.2) is 0 Å². The van der Waals surface area contributed by atoms with Crippen molar-refractivity contribution in [1.82, 2.24) is 5.32 Å². The third-order valence-corrected chi connectivity index (χ3v) is 2.34. The van der Waals surface area contributed by atoms with Crippen LogP contribution in [0.3, 0.4) is 0 Å². The van der Waals surface area contributed by atoms with Gasteiger partial charge < -0.3 is 15.5 Å². The maximum Gasteiger partial charge on any atom is 0.306 e. The average Bonchev–Trinajstić information content (AvgIpc) is 2.37.